The van der Waals surface area contributed by atoms with Crippen LogP contribution in [0.4, 0.5) is 10.1 Å². The fourth-order valence-corrected chi connectivity index (χ4v) is 1.77. The van der Waals surface area contributed by atoms with E-state index in [2.05, 4.69) is 5.32 Å². The molecule has 0 saturated heterocycles. The Labute approximate surface area is 117 Å². The maximum Gasteiger partial charge on any atom is 0.303 e. The lowest BCUT2D eigenvalue weighted by atomic mass is 10.1. The molecule has 0 aliphatic rings. The highest BCUT2D eigenvalue weighted by Gasteiger charge is 2.10. The molecule has 0 fully saturated rings. The van der Waals surface area contributed by atoms with Crippen molar-refractivity contribution in [3.8, 4) is 0 Å². The quantitative estimate of drug-likeness (QED) is 0.503. The van der Waals surface area contributed by atoms with E-state index in [1.807, 2.05) is 0 Å². The van der Waals surface area contributed by atoms with Crippen LogP contribution in [0.25, 0.3) is 0 Å². The first-order chi connectivity index (χ1) is 9.50. The standard InChI is InChI=1S/C14H19FN2O3/c15-12-9-10(16)6-7-11(12)14(20)17-8-4-2-1-3-5-13(18)19/h6-7,9H,1-5,8,16H2,(H,17,20)(H,18,19). The Bertz CT molecular complexity index is 477. The van der Waals surface area contributed by atoms with Gasteiger partial charge < -0.3 is 16.2 Å². The lowest BCUT2D eigenvalue weighted by Crippen LogP contribution is -2.25. The third-order valence-electron chi connectivity index (χ3n) is 2.84. The van der Waals surface area contributed by atoms with Gasteiger partial charge in [-0.25, -0.2) is 4.39 Å². The third kappa shape index (κ3) is 5.69. The molecule has 0 aromatic heterocycles. The number of nitrogen functional groups attached to an aromatic ring is 1. The van der Waals surface area contributed by atoms with Crippen molar-refractivity contribution in [2.24, 2.45) is 0 Å². The van der Waals surface area contributed by atoms with Crippen LogP contribution in [0.1, 0.15) is 42.5 Å². The van der Waals surface area contributed by atoms with Gasteiger partial charge in [-0.15, -0.1) is 0 Å². The number of nitrogens with one attached hydrogen (secondary N) is 1. The molecule has 1 aromatic carbocycles. The Morgan fingerprint density at radius 2 is 1.90 bits per heavy atom. The minimum Gasteiger partial charge on any atom is -0.481 e. The number of aliphatic carboxylic acids is 1. The molecule has 0 heterocycles. The first-order valence-electron chi connectivity index (χ1n) is 6.55. The van der Waals surface area contributed by atoms with Crippen LogP contribution < -0.4 is 11.1 Å². The number of benzene rings is 1. The number of carboxylic acid groups (broad SMARTS) is 1. The second kappa shape index (κ2) is 8.14. The van der Waals surface area contributed by atoms with Crippen molar-refractivity contribution in [3.63, 3.8) is 0 Å². The predicted octanol–water partition coefficient (Wildman–Crippen LogP) is 2.17. The molecule has 0 saturated carbocycles. The van der Waals surface area contributed by atoms with Gasteiger partial charge in [0.2, 0.25) is 0 Å². The van der Waals surface area contributed by atoms with Gasteiger partial charge in [0, 0.05) is 18.7 Å². The second-order valence-electron chi connectivity index (χ2n) is 4.55. The molecule has 110 valence electrons. The van der Waals surface area contributed by atoms with Crippen LogP contribution in [0, 0.1) is 5.82 Å². The Balaban J connectivity index is 2.22. The Morgan fingerprint density at radius 1 is 1.20 bits per heavy atom. The van der Waals surface area contributed by atoms with E-state index in [1.165, 1.54) is 12.1 Å². The van der Waals surface area contributed by atoms with Crippen molar-refractivity contribution in [2.45, 2.75) is 32.1 Å². The number of anilines is 1. The number of hydrogen-bond donors (Lipinski definition) is 3. The van der Waals surface area contributed by atoms with Crippen molar-refractivity contribution in [1.29, 1.82) is 0 Å². The lowest BCUT2D eigenvalue weighted by Gasteiger charge is -2.06. The first-order valence-corrected chi connectivity index (χ1v) is 6.55. The van der Waals surface area contributed by atoms with Crippen molar-refractivity contribution >= 4 is 17.6 Å². The number of carbonyl (C=O) groups is 2. The summed E-state index contributed by atoms with van der Waals surface area (Å²) in [7, 11) is 0. The van der Waals surface area contributed by atoms with Gasteiger partial charge >= 0.3 is 5.97 Å². The molecule has 0 atom stereocenters. The highest BCUT2D eigenvalue weighted by Crippen LogP contribution is 2.11. The monoisotopic (exact) mass is 282 g/mol. The zero-order valence-corrected chi connectivity index (χ0v) is 11.2. The number of unbranched alkanes of at least 4 members (excludes halogenated alkanes) is 3. The molecule has 4 N–H and O–H groups in total. The molecule has 1 rings (SSSR count). The van der Waals surface area contributed by atoms with E-state index in [0.717, 1.165) is 25.3 Å². The number of carbonyl (C=O) groups excluding carboxylic acids is 1. The summed E-state index contributed by atoms with van der Waals surface area (Å²) >= 11 is 0. The summed E-state index contributed by atoms with van der Waals surface area (Å²) in [4.78, 5) is 22.0. The van der Waals surface area contributed by atoms with Gasteiger partial charge in [0.1, 0.15) is 5.82 Å². The number of nitrogens with two attached hydrogens (primary N) is 1. The van der Waals surface area contributed by atoms with Gasteiger partial charge in [-0.1, -0.05) is 12.8 Å². The largest absolute Gasteiger partial charge is 0.481 e. The average Bonchev–Trinajstić information content (AvgIpc) is 2.37. The molecular weight excluding hydrogens is 263 g/mol. The van der Waals surface area contributed by atoms with Crippen molar-refractivity contribution in [3.05, 3.63) is 29.6 Å². The minimum atomic E-state index is -0.794. The normalized spacial score (nSPS) is 10.2. The SMILES string of the molecule is Nc1ccc(C(=O)NCCCCCCC(=O)O)c(F)c1. The maximum atomic E-state index is 13.5. The van der Waals surface area contributed by atoms with E-state index in [9.17, 15) is 14.0 Å². The van der Waals surface area contributed by atoms with Gasteiger partial charge in [0.15, 0.2) is 0 Å². The molecule has 0 bridgehead atoms. The number of rotatable bonds is 8. The van der Waals surface area contributed by atoms with Crippen molar-refractivity contribution in [2.75, 3.05) is 12.3 Å². The Hall–Kier alpha value is -2.11. The van der Waals surface area contributed by atoms with Gasteiger partial charge in [-0.2, -0.15) is 0 Å². The summed E-state index contributed by atoms with van der Waals surface area (Å²) in [6.45, 7) is 0.440. The van der Waals surface area contributed by atoms with Crippen LogP contribution in [0.3, 0.4) is 0 Å². The molecule has 6 heteroatoms. The van der Waals surface area contributed by atoms with E-state index in [-0.39, 0.29) is 17.7 Å². The number of amides is 1. The smallest absolute Gasteiger partial charge is 0.303 e. The maximum absolute atomic E-state index is 13.5. The second-order valence-corrected chi connectivity index (χ2v) is 4.55. The van der Waals surface area contributed by atoms with E-state index in [1.54, 1.807) is 0 Å². The van der Waals surface area contributed by atoms with Crippen LogP contribution in [0.2, 0.25) is 0 Å². The summed E-state index contributed by atoms with van der Waals surface area (Å²) < 4.78 is 13.5. The molecular formula is C14H19FN2O3. The van der Waals surface area contributed by atoms with Crippen LogP contribution in [-0.4, -0.2) is 23.5 Å². The summed E-state index contributed by atoms with van der Waals surface area (Å²) in [5, 5.41) is 11.1. The first kappa shape index (κ1) is 15.9. The number of hydrogen-bond acceptors (Lipinski definition) is 3. The molecule has 20 heavy (non-hydrogen) atoms. The topological polar surface area (TPSA) is 92.4 Å². The van der Waals surface area contributed by atoms with E-state index < -0.39 is 17.7 Å². The molecule has 0 radical (unpaired) electrons. The summed E-state index contributed by atoms with van der Waals surface area (Å²) in [5.41, 5.74) is 5.66. The van der Waals surface area contributed by atoms with Crippen LogP contribution in [-0.2, 0) is 4.79 Å². The predicted molar refractivity (Wildman–Crippen MR) is 73.9 cm³/mol. The molecule has 1 aromatic rings. The highest BCUT2D eigenvalue weighted by molar-refractivity contribution is 5.94. The summed E-state index contributed by atoms with van der Waals surface area (Å²) in [6.07, 6.45) is 3.18. The highest BCUT2D eigenvalue weighted by atomic mass is 19.1. The molecule has 0 aliphatic heterocycles. The van der Waals surface area contributed by atoms with Crippen molar-refractivity contribution < 1.29 is 19.1 Å². The fourth-order valence-electron chi connectivity index (χ4n) is 1.77. The molecule has 5 nitrogen and oxygen atoms in total. The van der Waals surface area contributed by atoms with Crippen LogP contribution >= 0.6 is 0 Å². The number of halogens is 1. The van der Waals surface area contributed by atoms with E-state index >= 15 is 0 Å². The average molecular weight is 282 g/mol. The zero-order valence-electron chi connectivity index (χ0n) is 11.2. The van der Waals surface area contributed by atoms with E-state index in [0.29, 0.717) is 13.0 Å². The number of carboxylic acids is 1. The molecule has 0 aliphatic carbocycles. The van der Waals surface area contributed by atoms with Crippen LogP contribution in [0.5, 0.6) is 0 Å². The van der Waals surface area contributed by atoms with Gasteiger partial charge in [-0.05, 0) is 31.0 Å². The van der Waals surface area contributed by atoms with Gasteiger partial charge in [-0.3, -0.25) is 9.59 Å². The van der Waals surface area contributed by atoms with Gasteiger partial charge in [0.05, 0.1) is 5.56 Å². The summed E-state index contributed by atoms with van der Waals surface area (Å²) in [6, 6.07) is 3.94. The minimum absolute atomic E-state index is 0.0231. The Kier molecular flexibility index (Phi) is 6.49. The zero-order chi connectivity index (χ0) is 15.0. The third-order valence-corrected chi connectivity index (χ3v) is 2.84. The molecule has 1 amide bonds. The van der Waals surface area contributed by atoms with E-state index in [4.69, 9.17) is 10.8 Å². The lowest BCUT2D eigenvalue weighted by molar-refractivity contribution is -0.137. The Morgan fingerprint density at radius 3 is 2.55 bits per heavy atom. The fraction of sp³-hybridized carbons (Fsp3) is 0.429. The van der Waals surface area contributed by atoms with Crippen LogP contribution in [0.15, 0.2) is 18.2 Å². The van der Waals surface area contributed by atoms with Gasteiger partial charge in [0.25, 0.3) is 5.91 Å². The van der Waals surface area contributed by atoms with Crippen molar-refractivity contribution in [1.82, 2.24) is 5.32 Å². The summed E-state index contributed by atoms with van der Waals surface area (Å²) in [5.74, 6) is -1.89. The molecule has 0 unspecified atom stereocenters. The molecule has 0 spiro atoms.